The first-order valence-corrected chi connectivity index (χ1v) is 7.74. The van der Waals surface area contributed by atoms with Crippen LogP contribution in [0.25, 0.3) is 0 Å². The molecule has 0 radical (unpaired) electrons. The van der Waals surface area contributed by atoms with E-state index >= 15 is 0 Å². The lowest BCUT2D eigenvalue weighted by Gasteiger charge is -2.10. The number of nitrogens with one attached hydrogen (secondary N) is 1. The van der Waals surface area contributed by atoms with Crippen LogP contribution in [0.4, 0.5) is 11.4 Å². The van der Waals surface area contributed by atoms with E-state index in [0.717, 1.165) is 0 Å². The Hall–Kier alpha value is -2.61. The minimum atomic E-state index is -3.77. The Labute approximate surface area is 127 Å². The zero-order chi connectivity index (χ0) is 16.3. The second kappa shape index (κ2) is 6.02. The highest BCUT2D eigenvalue weighted by Gasteiger charge is 2.16. The number of sulfonamides is 1. The van der Waals surface area contributed by atoms with Crippen LogP contribution in [0.3, 0.4) is 0 Å². The number of nitrogens with zero attached hydrogens (tertiary/aromatic N) is 1. The summed E-state index contributed by atoms with van der Waals surface area (Å²) in [7, 11) is -2.28. The van der Waals surface area contributed by atoms with Gasteiger partial charge in [-0.05, 0) is 42.8 Å². The van der Waals surface area contributed by atoms with Crippen molar-refractivity contribution in [2.24, 2.45) is 0 Å². The molecule has 1 N–H and O–H groups in total. The third kappa shape index (κ3) is 3.34. The summed E-state index contributed by atoms with van der Waals surface area (Å²) in [6, 6.07) is 9.84. The van der Waals surface area contributed by atoms with Crippen molar-refractivity contribution in [1.82, 2.24) is 0 Å². The molecule has 116 valence electrons. The first kappa shape index (κ1) is 15.8. The molecule has 7 nitrogen and oxygen atoms in total. The Bertz CT molecular complexity index is 800. The lowest BCUT2D eigenvalue weighted by molar-refractivity contribution is -0.384. The van der Waals surface area contributed by atoms with Gasteiger partial charge in [-0.2, -0.15) is 0 Å². The van der Waals surface area contributed by atoms with E-state index in [4.69, 9.17) is 4.74 Å². The van der Waals surface area contributed by atoms with Crippen molar-refractivity contribution in [1.29, 1.82) is 0 Å². The summed E-state index contributed by atoms with van der Waals surface area (Å²) in [6.45, 7) is 1.60. The van der Waals surface area contributed by atoms with Crippen molar-refractivity contribution < 1.29 is 18.1 Å². The lowest BCUT2D eigenvalue weighted by atomic mass is 10.2. The van der Waals surface area contributed by atoms with Crippen molar-refractivity contribution in [3.8, 4) is 5.75 Å². The minimum Gasteiger partial charge on any atom is -0.497 e. The van der Waals surface area contributed by atoms with E-state index in [2.05, 4.69) is 4.72 Å². The zero-order valence-electron chi connectivity index (χ0n) is 11.9. The summed E-state index contributed by atoms with van der Waals surface area (Å²) in [6.07, 6.45) is 0. The third-order valence-electron chi connectivity index (χ3n) is 3.03. The molecule has 2 aromatic carbocycles. The highest BCUT2D eigenvalue weighted by molar-refractivity contribution is 7.92. The number of hydrogen-bond acceptors (Lipinski definition) is 5. The van der Waals surface area contributed by atoms with E-state index in [1.54, 1.807) is 6.92 Å². The van der Waals surface area contributed by atoms with Crippen molar-refractivity contribution in [3.63, 3.8) is 0 Å². The monoisotopic (exact) mass is 322 g/mol. The second-order valence-corrected chi connectivity index (χ2v) is 6.22. The first-order chi connectivity index (χ1) is 10.3. The number of rotatable bonds is 5. The van der Waals surface area contributed by atoms with Crippen LogP contribution in [0.1, 0.15) is 5.56 Å². The fourth-order valence-electron chi connectivity index (χ4n) is 1.83. The molecule has 0 heterocycles. The Kier molecular flexibility index (Phi) is 4.32. The van der Waals surface area contributed by atoms with E-state index in [-0.39, 0.29) is 10.6 Å². The van der Waals surface area contributed by atoms with Crippen LogP contribution in [0.15, 0.2) is 47.4 Å². The summed E-state index contributed by atoms with van der Waals surface area (Å²) in [5, 5.41) is 10.7. The average molecular weight is 322 g/mol. The number of non-ortho nitro benzene ring substituents is 1. The summed E-state index contributed by atoms with van der Waals surface area (Å²) in [5.74, 6) is 0.547. The van der Waals surface area contributed by atoms with Crippen LogP contribution >= 0.6 is 0 Å². The Morgan fingerprint density at radius 3 is 2.27 bits per heavy atom. The fraction of sp³-hybridized carbons (Fsp3) is 0.143. The van der Waals surface area contributed by atoms with E-state index in [9.17, 15) is 18.5 Å². The normalized spacial score (nSPS) is 11.0. The van der Waals surface area contributed by atoms with Gasteiger partial charge < -0.3 is 4.74 Å². The van der Waals surface area contributed by atoms with Crippen LogP contribution in [0, 0.1) is 17.0 Å². The molecule has 0 saturated heterocycles. The smallest absolute Gasteiger partial charge is 0.269 e. The van der Waals surface area contributed by atoms with Crippen molar-refractivity contribution >= 4 is 21.4 Å². The van der Waals surface area contributed by atoms with Crippen LogP contribution < -0.4 is 9.46 Å². The predicted octanol–water partition coefficient (Wildman–Crippen LogP) is 2.71. The van der Waals surface area contributed by atoms with Crippen molar-refractivity contribution in [2.45, 2.75) is 11.8 Å². The van der Waals surface area contributed by atoms with Crippen LogP contribution in [0.2, 0.25) is 0 Å². The van der Waals surface area contributed by atoms with Crippen molar-refractivity contribution in [2.75, 3.05) is 11.8 Å². The summed E-state index contributed by atoms with van der Waals surface area (Å²) >= 11 is 0. The molecule has 0 saturated carbocycles. The van der Waals surface area contributed by atoms with E-state index in [1.165, 1.54) is 49.6 Å². The van der Waals surface area contributed by atoms with Gasteiger partial charge in [0, 0.05) is 12.1 Å². The maximum atomic E-state index is 12.3. The molecular weight excluding hydrogens is 308 g/mol. The highest BCUT2D eigenvalue weighted by Crippen LogP contribution is 2.24. The number of hydrogen-bond donors (Lipinski definition) is 1. The van der Waals surface area contributed by atoms with Crippen LogP contribution in [0.5, 0.6) is 5.75 Å². The van der Waals surface area contributed by atoms with E-state index < -0.39 is 14.9 Å². The molecule has 0 fully saturated rings. The largest absolute Gasteiger partial charge is 0.497 e. The van der Waals surface area contributed by atoms with Gasteiger partial charge in [0.05, 0.1) is 22.6 Å². The quantitative estimate of drug-likeness (QED) is 0.674. The fourth-order valence-corrected chi connectivity index (χ4v) is 2.97. The molecule has 0 aliphatic carbocycles. The van der Waals surface area contributed by atoms with Gasteiger partial charge in [-0.1, -0.05) is 0 Å². The zero-order valence-corrected chi connectivity index (χ0v) is 12.8. The van der Waals surface area contributed by atoms with Gasteiger partial charge in [-0.15, -0.1) is 0 Å². The third-order valence-corrected chi connectivity index (χ3v) is 4.42. The van der Waals surface area contributed by atoms with E-state index in [0.29, 0.717) is 17.0 Å². The number of nitro benzene ring substituents is 1. The molecule has 0 amide bonds. The van der Waals surface area contributed by atoms with Gasteiger partial charge >= 0.3 is 0 Å². The molecule has 0 aromatic heterocycles. The molecule has 0 aliphatic rings. The Morgan fingerprint density at radius 1 is 1.14 bits per heavy atom. The van der Waals surface area contributed by atoms with E-state index in [1.807, 2.05) is 0 Å². The van der Waals surface area contributed by atoms with Crippen LogP contribution in [-0.4, -0.2) is 20.5 Å². The standard InChI is InChI=1S/C14H14N2O5S/c1-10-9-11(16(17)18)3-8-14(10)15-22(19,20)13-6-4-12(21-2)5-7-13/h3-9,15H,1-2H3. The predicted molar refractivity (Wildman–Crippen MR) is 81.6 cm³/mol. The number of anilines is 1. The number of nitro groups is 1. The summed E-state index contributed by atoms with van der Waals surface area (Å²) in [5.41, 5.74) is 0.664. The molecule has 2 rings (SSSR count). The van der Waals surface area contributed by atoms with Gasteiger partial charge in [0.1, 0.15) is 5.75 Å². The second-order valence-electron chi connectivity index (χ2n) is 4.54. The SMILES string of the molecule is COc1ccc(S(=O)(=O)Nc2ccc([N+](=O)[O-])cc2C)cc1. The maximum Gasteiger partial charge on any atom is 0.269 e. The molecule has 22 heavy (non-hydrogen) atoms. The molecule has 0 aliphatic heterocycles. The first-order valence-electron chi connectivity index (χ1n) is 6.25. The molecule has 8 heteroatoms. The molecule has 0 atom stereocenters. The number of methoxy groups -OCH3 is 1. The maximum absolute atomic E-state index is 12.3. The molecule has 0 bridgehead atoms. The van der Waals surface area contributed by atoms with Crippen molar-refractivity contribution in [3.05, 3.63) is 58.1 Å². The van der Waals surface area contributed by atoms with Gasteiger partial charge in [0.15, 0.2) is 0 Å². The van der Waals surface area contributed by atoms with Gasteiger partial charge in [0.2, 0.25) is 0 Å². The number of benzene rings is 2. The number of ether oxygens (including phenoxy) is 1. The van der Waals surface area contributed by atoms with Gasteiger partial charge in [0.25, 0.3) is 15.7 Å². The lowest BCUT2D eigenvalue weighted by Crippen LogP contribution is -2.13. The molecule has 0 unspecified atom stereocenters. The van der Waals surface area contributed by atoms with Gasteiger partial charge in [-0.3, -0.25) is 14.8 Å². The highest BCUT2D eigenvalue weighted by atomic mass is 32.2. The minimum absolute atomic E-state index is 0.0750. The van der Waals surface area contributed by atoms with Gasteiger partial charge in [-0.25, -0.2) is 8.42 Å². The summed E-state index contributed by atoms with van der Waals surface area (Å²) in [4.78, 5) is 10.2. The topological polar surface area (TPSA) is 98.5 Å². The Balaban J connectivity index is 2.30. The molecule has 0 spiro atoms. The molecule has 2 aromatic rings. The Morgan fingerprint density at radius 2 is 1.77 bits per heavy atom. The molecular formula is C14H14N2O5S. The number of aryl methyl sites for hydroxylation is 1. The van der Waals surface area contributed by atoms with Crippen LogP contribution in [-0.2, 0) is 10.0 Å². The average Bonchev–Trinajstić information content (AvgIpc) is 2.49. The summed E-state index contributed by atoms with van der Waals surface area (Å²) < 4.78 is 32.0.